The molecule has 0 unspecified atom stereocenters. The Labute approximate surface area is 152 Å². The monoisotopic (exact) mass is 365 g/mol. The van der Waals surface area contributed by atoms with Gasteiger partial charge in [0, 0.05) is 24.9 Å². The summed E-state index contributed by atoms with van der Waals surface area (Å²) in [7, 11) is 0. The van der Waals surface area contributed by atoms with Gasteiger partial charge < -0.3 is 19.5 Å². The molecule has 1 atom stereocenters. The summed E-state index contributed by atoms with van der Waals surface area (Å²) in [6.45, 7) is 7.04. The molecular weight excluding hydrogens is 342 g/mol. The first-order valence-electron chi connectivity index (χ1n) is 9.04. The fourth-order valence-electron chi connectivity index (χ4n) is 4.04. The van der Waals surface area contributed by atoms with Gasteiger partial charge in [0.05, 0.1) is 10.6 Å². The van der Waals surface area contributed by atoms with Crippen LogP contribution in [0.4, 0.5) is 0 Å². The molecule has 0 bridgehead atoms. The van der Waals surface area contributed by atoms with E-state index >= 15 is 0 Å². The van der Waals surface area contributed by atoms with E-state index in [1.165, 1.54) is 25.5 Å². The Balaban J connectivity index is 1.51. The van der Waals surface area contributed by atoms with E-state index in [2.05, 4.69) is 4.90 Å². The highest BCUT2D eigenvalue weighted by molar-refractivity contribution is 6.32. The molecule has 2 fully saturated rings. The van der Waals surface area contributed by atoms with E-state index in [0.29, 0.717) is 22.1 Å². The predicted octanol–water partition coefficient (Wildman–Crippen LogP) is 3.96. The van der Waals surface area contributed by atoms with Crippen molar-refractivity contribution in [1.82, 2.24) is 4.90 Å². The number of hydrogen-bond donors (Lipinski definition) is 1. The first-order chi connectivity index (χ1) is 11.9. The Kier molecular flexibility index (Phi) is 4.12. The van der Waals surface area contributed by atoms with Crippen molar-refractivity contribution in [3.8, 4) is 11.5 Å². The fraction of sp³-hybridized carbons (Fsp3) is 0.632. The van der Waals surface area contributed by atoms with Crippen molar-refractivity contribution in [2.75, 3.05) is 19.6 Å². The molecule has 0 spiro atoms. The highest BCUT2D eigenvalue weighted by Gasteiger charge is 2.47. The molecule has 0 aromatic heterocycles. The van der Waals surface area contributed by atoms with Gasteiger partial charge >= 0.3 is 5.97 Å². The number of carboxylic acids is 1. The third-order valence-electron chi connectivity index (χ3n) is 5.82. The van der Waals surface area contributed by atoms with Crippen LogP contribution < -0.4 is 9.47 Å². The molecule has 136 valence electrons. The molecule has 6 heteroatoms. The van der Waals surface area contributed by atoms with Gasteiger partial charge in [0.1, 0.15) is 0 Å². The van der Waals surface area contributed by atoms with Gasteiger partial charge in [-0.1, -0.05) is 11.6 Å². The van der Waals surface area contributed by atoms with E-state index < -0.39 is 11.8 Å². The highest BCUT2D eigenvalue weighted by atomic mass is 35.5. The maximum Gasteiger partial charge on any atom is 0.336 e. The third-order valence-corrected chi connectivity index (χ3v) is 6.10. The number of carbonyl (C=O) groups is 1. The molecule has 0 amide bonds. The second-order valence-electron chi connectivity index (χ2n) is 7.73. The Bertz CT molecular complexity index is 710. The van der Waals surface area contributed by atoms with Gasteiger partial charge in [-0.3, -0.25) is 0 Å². The minimum atomic E-state index is -1.01. The molecule has 1 aliphatic carbocycles. The zero-order chi connectivity index (χ0) is 17.8. The number of fused-ring (bicyclic) bond motifs is 1. The van der Waals surface area contributed by atoms with Crippen molar-refractivity contribution in [1.29, 1.82) is 0 Å². The molecule has 5 nitrogen and oxygen atoms in total. The van der Waals surface area contributed by atoms with E-state index in [9.17, 15) is 9.90 Å². The topological polar surface area (TPSA) is 59.0 Å². The number of halogens is 1. The van der Waals surface area contributed by atoms with E-state index in [1.807, 2.05) is 6.92 Å². The van der Waals surface area contributed by atoms with Crippen molar-refractivity contribution in [2.45, 2.75) is 45.3 Å². The predicted molar refractivity (Wildman–Crippen MR) is 94.7 cm³/mol. The van der Waals surface area contributed by atoms with Crippen LogP contribution in [0.5, 0.6) is 11.5 Å². The second kappa shape index (κ2) is 6.06. The van der Waals surface area contributed by atoms with Crippen LogP contribution in [0.3, 0.4) is 0 Å². The number of piperidine rings is 1. The Hall–Kier alpha value is -1.46. The largest absolute Gasteiger partial charge is 0.478 e. The summed E-state index contributed by atoms with van der Waals surface area (Å²) in [4.78, 5) is 13.9. The van der Waals surface area contributed by atoms with Gasteiger partial charge in [0.15, 0.2) is 11.5 Å². The van der Waals surface area contributed by atoms with Crippen molar-refractivity contribution >= 4 is 17.6 Å². The summed E-state index contributed by atoms with van der Waals surface area (Å²) in [6, 6.07) is 1.45. The number of rotatable bonds is 4. The summed E-state index contributed by atoms with van der Waals surface area (Å²) >= 11 is 6.27. The Morgan fingerprint density at radius 3 is 2.52 bits per heavy atom. The summed E-state index contributed by atoms with van der Waals surface area (Å²) < 4.78 is 12.3. The molecule has 1 saturated heterocycles. The van der Waals surface area contributed by atoms with Crippen LogP contribution in [0.2, 0.25) is 5.02 Å². The molecule has 1 saturated carbocycles. The zero-order valence-electron chi connectivity index (χ0n) is 14.7. The molecule has 1 aromatic rings. The molecule has 25 heavy (non-hydrogen) atoms. The van der Waals surface area contributed by atoms with E-state index in [1.54, 1.807) is 6.92 Å². The molecule has 2 heterocycles. The number of aromatic carboxylic acids is 1. The van der Waals surface area contributed by atoms with Crippen LogP contribution in [-0.2, 0) is 0 Å². The third kappa shape index (κ3) is 3.08. The van der Waals surface area contributed by atoms with Crippen LogP contribution >= 0.6 is 11.6 Å². The minimum Gasteiger partial charge on any atom is -0.478 e. The fourth-order valence-corrected chi connectivity index (χ4v) is 4.27. The van der Waals surface area contributed by atoms with E-state index in [0.717, 1.165) is 31.8 Å². The van der Waals surface area contributed by atoms with Gasteiger partial charge in [0.2, 0.25) is 0 Å². The van der Waals surface area contributed by atoms with Crippen LogP contribution in [-0.4, -0.2) is 41.4 Å². The summed E-state index contributed by atoms with van der Waals surface area (Å²) in [5.41, 5.74) is 0.734. The highest BCUT2D eigenvalue weighted by Crippen LogP contribution is 2.51. The average Bonchev–Trinajstić information content (AvgIpc) is 3.30. The van der Waals surface area contributed by atoms with Gasteiger partial charge in [-0.15, -0.1) is 0 Å². The van der Waals surface area contributed by atoms with E-state index in [4.69, 9.17) is 21.1 Å². The maximum absolute atomic E-state index is 11.4. The number of likely N-dealkylation sites (tertiary alicyclic amines) is 1. The van der Waals surface area contributed by atoms with Gasteiger partial charge in [-0.2, -0.15) is 0 Å². The lowest BCUT2D eigenvalue weighted by Gasteiger charge is -2.38. The number of ether oxygens (including phenoxy) is 2. The standard InChI is InChI=1S/C19H24ClNO4/c1-11-14(18(22)23)9-15(20)17-16(11)24-19(2,25-17)13-5-7-21(8-6-13)10-12-3-4-12/h9,12-13H,3-8,10H2,1-2H3,(H,22,23)/t19-/m0/s1. The van der Waals surface area contributed by atoms with Gasteiger partial charge in [-0.05, 0) is 57.7 Å². The lowest BCUT2D eigenvalue weighted by atomic mass is 9.89. The first-order valence-corrected chi connectivity index (χ1v) is 9.42. The van der Waals surface area contributed by atoms with Crippen LogP contribution in [0.1, 0.15) is 48.5 Å². The van der Waals surface area contributed by atoms with Crippen LogP contribution in [0.25, 0.3) is 0 Å². The molecule has 1 aromatic carbocycles. The SMILES string of the molecule is Cc1c(C(=O)O)cc(Cl)c2c1O[C@](C)(C1CCN(CC3CC3)CC1)O2. The van der Waals surface area contributed by atoms with Crippen molar-refractivity contribution in [3.05, 3.63) is 22.2 Å². The molecule has 4 rings (SSSR count). The van der Waals surface area contributed by atoms with Crippen LogP contribution in [0.15, 0.2) is 6.07 Å². The Morgan fingerprint density at radius 2 is 1.92 bits per heavy atom. The smallest absolute Gasteiger partial charge is 0.336 e. The van der Waals surface area contributed by atoms with Gasteiger partial charge in [-0.25, -0.2) is 4.79 Å². The Morgan fingerprint density at radius 1 is 1.28 bits per heavy atom. The van der Waals surface area contributed by atoms with Gasteiger partial charge in [0.25, 0.3) is 5.79 Å². The minimum absolute atomic E-state index is 0.163. The van der Waals surface area contributed by atoms with Crippen molar-refractivity contribution < 1.29 is 19.4 Å². The first kappa shape index (κ1) is 17.0. The zero-order valence-corrected chi connectivity index (χ0v) is 15.4. The normalized spacial score (nSPS) is 26.8. The number of carboxylic acid groups (broad SMARTS) is 1. The summed E-state index contributed by atoms with van der Waals surface area (Å²) in [5.74, 6) is 0.345. The number of benzene rings is 1. The second-order valence-corrected chi connectivity index (χ2v) is 8.14. The summed E-state index contributed by atoms with van der Waals surface area (Å²) in [6.07, 6.45) is 4.78. The van der Waals surface area contributed by atoms with Crippen molar-refractivity contribution in [2.24, 2.45) is 11.8 Å². The molecule has 3 aliphatic rings. The lowest BCUT2D eigenvalue weighted by Crippen LogP contribution is -2.48. The van der Waals surface area contributed by atoms with E-state index in [-0.39, 0.29) is 11.5 Å². The maximum atomic E-state index is 11.4. The lowest BCUT2D eigenvalue weighted by molar-refractivity contribution is -0.125. The summed E-state index contributed by atoms with van der Waals surface area (Å²) in [5, 5.41) is 9.64. The van der Waals surface area contributed by atoms with Crippen LogP contribution in [0, 0.1) is 18.8 Å². The average molecular weight is 366 g/mol. The number of nitrogens with zero attached hydrogens (tertiary/aromatic N) is 1. The molecular formula is C19H24ClNO4. The van der Waals surface area contributed by atoms with Crippen molar-refractivity contribution in [3.63, 3.8) is 0 Å². The molecule has 1 N–H and O–H groups in total. The quantitative estimate of drug-likeness (QED) is 0.875. The molecule has 2 aliphatic heterocycles. The molecule has 0 radical (unpaired) electrons. The number of hydrogen-bond acceptors (Lipinski definition) is 4.